The molecule has 0 spiro atoms. The molecule has 33 heavy (non-hydrogen) atoms. The molecule has 5 rings (SSSR count). The van der Waals surface area contributed by atoms with Gasteiger partial charge in [-0.15, -0.1) is 0 Å². The third-order valence-corrected chi connectivity index (χ3v) is 6.06. The Kier molecular flexibility index (Phi) is 5.74. The predicted molar refractivity (Wildman–Crippen MR) is 133 cm³/mol. The molecule has 0 unspecified atom stereocenters. The van der Waals surface area contributed by atoms with Gasteiger partial charge in [0.1, 0.15) is 5.39 Å². The number of aromatic nitrogens is 2. The van der Waals surface area contributed by atoms with Gasteiger partial charge in [0.05, 0.1) is 0 Å². The summed E-state index contributed by atoms with van der Waals surface area (Å²) in [4.78, 5) is 0. The first-order valence-electron chi connectivity index (χ1n) is 11.0. The van der Waals surface area contributed by atoms with Gasteiger partial charge in [0, 0.05) is 34.7 Å². The monoisotopic (exact) mass is 432 g/mol. The van der Waals surface area contributed by atoms with Crippen LogP contribution in [-0.2, 0) is 13.1 Å². The van der Waals surface area contributed by atoms with E-state index in [9.17, 15) is 10.0 Å². The molecule has 2 aromatic heterocycles. The summed E-state index contributed by atoms with van der Waals surface area (Å²) in [5, 5.41) is 21.4. The fraction of sp³-hybridized carbons (Fsp3) is 0.0714. The van der Waals surface area contributed by atoms with Crippen molar-refractivity contribution in [3.8, 4) is 0 Å². The number of nitrogens with zero attached hydrogens (tertiary/aromatic N) is 2. The van der Waals surface area contributed by atoms with E-state index in [0.29, 0.717) is 12.0 Å². The molecule has 4 nitrogen and oxygen atoms in total. The molecule has 3 aromatic carbocycles. The predicted octanol–water partition coefficient (Wildman–Crippen LogP) is 2.99. The Labute approximate surface area is 193 Å². The zero-order valence-corrected chi connectivity index (χ0v) is 18.3. The van der Waals surface area contributed by atoms with E-state index in [-0.39, 0.29) is 0 Å². The highest BCUT2D eigenvalue weighted by atomic mass is 16.4. The van der Waals surface area contributed by atoms with Gasteiger partial charge in [-0.05, 0) is 29.2 Å². The lowest BCUT2D eigenvalue weighted by atomic mass is 9.79. The van der Waals surface area contributed by atoms with E-state index in [4.69, 9.17) is 0 Å². The molecule has 5 heteroatoms. The summed E-state index contributed by atoms with van der Waals surface area (Å²) < 4.78 is 4.50. The maximum atomic E-state index is 9.53. The van der Waals surface area contributed by atoms with Crippen molar-refractivity contribution in [2.75, 3.05) is 0 Å². The lowest BCUT2D eigenvalue weighted by molar-refractivity contribution is -0.665. The normalized spacial score (nSPS) is 11.1. The van der Waals surface area contributed by atoms with Crippen molar-refractivity contribution >= 4 is 40.5 Å². The second kappa shape index (κ2) is 8.98. The smallest absolute Gasteiger partial charge is 0.423 e. The van der Waals surface area contributed by atoms with Crippen molar-refractivity contribution in [1.29, 1.82) is 0 Å². The van der Waals surface area contributed by atoms with Gasteiger partial charge in [-0.1, -0.05) is 61.2 Å². The Balaban J connectivity index is 1.59. The van der Waals surface area contributed by atoms with Crippen molar-refractivity contribution in [1.82, 2.24) is 0 Å². The molecule has 0 aliphatic carbocycles. The van der Waals surface area contributed by atoms with Crippen LogP contribution >= 0.6 is 0 Å². The maximum Gasteiger partial charge on any atom is 0.488 e. The molecule has 0 aliphatic rings. The zero-order valence-electron chi connectivity index (χ0n) is 18.3. The van der Waals surface area contributed by atoms with Crippen molar-refractivity contribution in [2.45, 2.75) is 13.1 Å². The highest BCUT2D eigenvalue weighted by Crippen LogP contribution is 2.21. The van der Waals surface area contributed by atoms with Crippen molar-refractivity contribution < 1.29 is 19.2 Å². The number of fused-ring (bicyclic) bond motifs is 3. The fourth-order valence-corrected chi connectivity index (χ4v) is 4.41. The maximum absolute atomic E-state index is 9.53. The van der Waals surface area contributed by atoms with Crippen LogP contribution < -0.4 is 14.6 Å². The minimum absolute atomic E-state index is 0.499. The first kappa shape index (κ1) is 21.1. The van der Waals surface area contributed by atoms with Gasteiger partial charge in [-0.3, -0.25) is 0 Å². The Morgan fingerprint density at radius 1 is 0.758 bits per heavy atom. The van der Waals surface area contributed by atoms with E-state index in [1.807, 2.05) is 24.3 Å². The molecule has 5 aromatic rings. The largest absolute Gasteiger partial charge is 0.488 e. The summed E-state index contributed by atoms with van der Waals surface area (Å²) >= 11 is 0. The standard InChI is InChI=1S/C28H25BN2O2/c1-2-21-10-12-22(13-11-21)19-31-17-4-7-24-14-15-27-26(28(24)31)9-5-16-30(27)20-23-6-3-8-25(18-23)29(32)33/h2-18,32-33H,1,19-20H2/q+2. The molecule has 2 heterocycles. The van der Waals surface area contributed by atoms with Gasteiger partial charge in [-0.2, -0.15) is 9.13 Å². The minimum atomic E-state index is -1.47. The molecule has 0 bridgehead atoms. The zero-order chi connectivity index (χ0) is 22.8. The Morgan fingerprint density at radius 2 is 1.52 bits per heavy atom. The molecule has 0 amide bonds. The van der Waals surface area contributed by atoms with E-state index < -0.39 is 7.12 Å². The molecule has 0 radical (unpaired) electrons. The molecule has 0 fully saturated rings. The number of benzene rings is 3. The average molecular weight is 432 g/mol. The molecule has 0 atom stereocenters. The Morgan fingerprint density at radius 3 is 2.30 bits per heavy atom. The second-order valence-electron chi connectivity index (χ2n) is 8.27. The van der Waals surface area contributed by atoms with Crippen LogP contribution in [0.3, 0.4) is 0 Å². The van der Waals surface area contributed by atoms with E-state index in [1.165, 1.54) is 21.9 Å². The summed E-state index contributed by atoms with van der Waals surface area (Å²) in [5.74, 6) is 0. The summed E-state index contributed by atoms with van der Waals surface area (Å²) in [6.45, 7) is 5.25. The van der Waals surface area contributed by atoms with Crippen LogP contribution in [-0.4, -0.2) is 17.2 Å². The van der Waals surface area contributed by atoms with Crippen molar-refractivity contribution in [3.63, 3.8) is 0 Å². The van der Waals surface area contributed by atoms with Crippen LogP contribution in [0.25, 0.3) is 27.9 Å². The van der Waals surface area contributed by atoms with Crippen LogP contribution in [0, 0.1) is 0 Å². The molecular formula is C28H25BN2O2+2. The minimum Gasteiger partial charge on any atom is -0.423 e. The topological polar surface area (TPSA) is 48.2 Å². The van der Waals surface area contributed by atoms with E-state index >= 15 is 0 Å². The van der Waals surface area contributed by atoms with Crippen LogP contribution in [0.5, 0.6) is 0 Å². The van der Waals surface area contributed by atoms with Crippen LogP contribution in [0.2, 0.25) is 0 Å². The highest BCUT2D eigenvalue weighted by molar-refractivity contribution is 6.58. The van der Waals surface area contributed by atoms with Crippen LogP contribution in [0.1, 0.15) is 16.7 Å². The molecule has 0 saturated carbocycles. The number of hydrogen-bond acceptors (Lipinski definition) is 2. The summed E-state index contributed by atoms with van der Waals surface area (Å²) in [7, 11) is -1.47. The Bertz CT molecular complexity index is 1460. The molecular weight excluding hydrogens is 407 g/mol. The van der Waals surface area contributed by atoms with Crippen LogP contribution in [0.4, 0.5) is 0 Å². The summed E-state index contributed by atoms with van der Waals surface area (Å²) in [6, 6.07) is 28.7. The second-order valence-corrected chi connectivity index (χ2v) is 8.27. The van der Waals surface area contributed by atoms with Crippen molar-refractivity contribution in [2.24, 2.45) is 0 Å². The molecule has 2 N–H and O–H groups in total. The van der Waals surface area contributed by atoms with Gasteiger partial charge >= 0.3 is 7.12 Å². The number of rotatable bonds is 6. The van der Waals surface area contributed by atoms with Gasteiger partial charge in [0.15, 0.2) is 25.5 Å². The molecule has 0 aliphatic heterocycles. The highest BCUT2D eigenvalue weighted by Gasteiger charge is 2.19. The fourth-order valence-electron chi connectivity index (χ4n) is 4.41. The number of hydrogen-bond donors (Lipinski definition) is 2. The van der Waals surface area contributed by atoms with Crippen molar-refractivity contribution in [3.05, 3.63) is 121 Å². The molecule has 0 saturated heterocycles. The third-order valence-electron chi connectivity index (χ3n) is 6.06. The van der Waals surface area contributed by atoms with E-state index in [2.05, 4.69) is 88.8 Å². The number of pyridine rings is 2. The Hall–Kier alpha value is -3.80. The lowest BCUT2D eigenvalue weighted by Crippen LogP contribution is -2.38. The third kappa shape index (κ3) is 4.29. The van der Waals surface area contributed by atoms with Gasteiger partial charge < -0.3 is 10.0 Å². The first-order chi connectivity index (χ1) is 16.1. The van der Waals surface area contributed by atoms with Crippen LogP contribution in [0.15, 0.2) is 104 Å². The van der Waals surface area contributed by atoms with Gasteiger partial charge in [0.2, 0.25) is 11.0 Å². The van der Waals surface area contributed by atoms with E-state index in [1.54, 1.807) is 6.07 Å². The SMILES string of the molecule is C=Cc1ccc(C[n+]2cccc3ccc4c(ccc[n+]4Cc4cccc(B(O)O)c4)c32)cc1. The molecule has 160 valence electrons. The van der Waals surface area contributed by atoms with Gasteiger partial charge in [0.25, 0.3) is 0 Å². The lowest BCUT2D eigenvalue weighted by Gasteiger charge is -2.07. The average Bonchev–Trinajstić information content (AvgIpc) is 2.85. The van der Waals surface area contributed by atoms with Gasteiger partial charge in [-0.25, -0.2) is 0 Å². The summed E-state index contributed by atoms with van der Waals surface area (Å²) in [6.07, 6.45) is 6.06. The van der Waals surface area contributed by atoms with E-state index in [0.717, 1.165) is 23.2 Å². The summed E-state index contributed by atoms with van der Waals surface area (Å²) in [5.41, 5.74) is 6.18. The first-order valence-corrected chi connectivity index (χ1v) is 11.0. The quantitative estimate of drug-likeness (QED) is 0.246.